The Morgan fingerprint density at radius 1 is 1.15 bits per heavy atom. The Morgan fingerprint density at radius 3 is 2.81 bits per heavy atom. The molecule has 1 saturated heterocycles. The van der Waals surface area contributed by atoms with Crippen LogP contribution in [0.15, 0.2) is 54.0 Å². The van der Waals surface area contributed by atoms with Crippen molar-refractivity contribution in [3.63, 3.8) is 0 Å². The Labute approximate surface area is 163 Å². The normalized spacial score (nSPS) is 16.4. The highest BCUT2D eigenvalue weighted by molar-refractivity contribution is 7.10. The number of morpholine rings is 1. The molecule has 6 heteroatoms. The molecule has 1 amide bonds. The Hall–Kier alpha value is -2.15. The smallest absolute Gasteiger partial charge is 0.221 e. The second-order valence-corrected chi connectivity index (χ2v) is 7.78. The zero-order valence-electron chi connectivity index (χ0n) is 15.3. The van der Waals surface area contributed by atoms with Gasteiger partial charge in [-0.2, -0.15) is 0 Å². The highest BCUT2D eigenvalue weighted by Crippen LogP contribution is 2.25. The van der Waals surface area contributed by atoms with Gasteiger partial charge in [0.1, 0.15) is 0 Å². The van der Waals surface area contributed by atoms with Crippen LogP contribution in [0, 0.1) is 0 Å². The first-order valence-electron chi connectivity index (χ1n) is 9.47. The lowest BCUT2D eigenvalue weighted by Gasteiger charge is -2.34. The van der Waals surface area contributed by atoms with Gasteiger partial charge in [-0.05, 0) is 29.0 Å². The summed E-state index contributed by atoms with van der Waals surface area (Å²) in [4.78, 5) is 16.2. The minimum Gasteiger partial charge on any atom is -0.379 e. The van der Waals surface area contributed by atoms with Crippen LogP contribution in [-0.4, -0.2) is 48.2 Å². The summed E-state index contributed by atoms with van der Waals surface area (Å²) in [7, 11) is 0. The second kappa shape index (κ2) is 8.69. The topological polar surface area (TPSA) is 46.5 Å². The van der Waals surface area contributed by atoms with E-state index in [1.807, 2.05) is 12.1 Å². The maximum Gasteiger partial charge on any atom is 0.221 e. The molecular weight excluding hydrogens is 358 g/mol. The second-order valence-electron chi connectivity index (χ2n) is 6.80. The van der Waals surface area contributed by atoms with Crippen LogP contribution in [-0.2, 0) is 16.1 Å². The van der Waals surface area contributed by atoms with Gasteiger partial charge < -0.3 is 14.6 Å². The third kappa shape index (κ3) is 4.40. The van der Waals surface area contributed by atoms with E-state index >= 15 is 0 Å². The molecule has 1 fully saturated rings. The van der Waals surface area contributed by atoms with Crippen LogP contribution in [0.2, 0.25) is 0 Å². The third-order valence-electron chi connectivity index (χ3n) is 5.11. The molecule has 27 heavy (non-hydrogen) atoms. The molecule has 3 heterocycles. The molecule has 4 rings (SSSR count). The number of benzene rings is 1. The summed E-state index contributed by atoms with van der Waals surface area (Å²) >= 11 is 1.75. The number of aromatic nitrogens is 1. The zero-order chi connectivity index (χ0) is 18.5. The van der Waals surface area contributed by atoms with Crippen molar-refractivity contribution < 1.29 is 9.53 Å². The lowest BCUT2D eigenvalue weighted by atomic mass is 10.2. The van der Waals surface area contributed by atoms with E-state index in [0.717, 1.165) is 26.3 Å². The van der Waals surface area contributed by atoms with Crippen LogP contribution in [0.25, 0.3) is 10.9 Å². The number of carbonyl (C=O) groups excluding carboxylic acids is 1. The minimum atomic E-state index is 0.0996. The van der Waals surface area contributed by atoms with Crippen molar-refractivity contribution >= 4 is 28.1 Å². The van der Waals surface area contributed by atoms with Gasteiger partial charge in [0.2, 0.25) is 5.91 Å². The van der Waals surface area contributed by atoms with Crippen molar-refractivity contribution in [3.05, 3.63) is 58.9 Å². The average Bonchev–Trinajstić information content (AvgIpc) is 3.38. The van der Waals surface area contributed by atoms with Crippen LogP contribution in [0.3, 0.4) is 0 Å². The van der Waals surface area contributed by atoms with Crippen molar-refractivity contribution in [2.75, 3.05) is 32.8 Å². The number of nitrogens with zero attached hydrogens (tertiary/aromatic N) is 2. The molecule has 0 unspecified atom stereocenters. The molecule has 0 bridgehead atoms. The molecule has 1 atom stereocenters. The largest absolute Gasteiger partial charge is 0.379 e. The van der Waals surface area contributed by atoms with Crippen LogP contribution in [0.1, 0.15) is 17.3 Å². The summed E-state index contributed by atoms with van der Waals surface area (Å²) in [5.41, 5.74) is 1.18. The van der Waals surface area contributed by atoms with Crippen LogP contribution < -0.4 is 5.32 Å². The van der Waals surface area contributed by atoms with E-state index in [-0.39, 0.29) is 11.9 Å². The highest BCUT2D eigenvalue weighted by Gasteiger charge is 2.23. The number of carbonyl (C=O) groups is 1. The minimum absolute atomic E-state index is 0.0996. The molecule has 1 aromatic carbocycles. The molecule has 3 aromatic rings. The predicted molar refractivity (Wildman–Crippen MR) is 109 cm³/mol. The van der Waals surface area contributed by atoms with Gasteiger partial charge in [-0.15, -0.1) is 11.3 Å². The van der Waals surface area contributed by atoms with Gasteiger partial charge >= 0.3 is 0 Å². The first kappa shape index (κ1) is 18.2. The van der Waals surface area contributed by atoms with Gasteiger partial charge in [0.25, 0.3) is 0 Å². The number of hydrogen-bond acceptors (Lipinski definition) is 4. The van der Waals surface area contributed by atoms with Gasteiger partial charge in [0.05, 0.1) is 19.3 Å². The summed E-state index contributed by atoms with van der Waals surface area (Å²) in [6, 6.07) is 14.8. The quantitative estimate of drug-likeness (QED) is 0.681. The van der Waals surface area contributed by atoms with Crippen molar-refractivity contribution in [2.24, 2.45) is 0 Å². The van der Waals surface area contributed by atoms with E-state index in [4.69, 9.17) is 4.74 Å². The Bertz CT molecular complexity index is 869. The highest BCUT2D eigenvalue weighted by atomic mass is 32.1. The number of aryl methyl sites for hydroxylation is 1. The fourth-order valence-corrected chi connectivity index (χ4v) is 4.50. The van der Waals surface area contributed by atoms with Crippen molar-refractivity contribution in [2.45, 2.75) is 19.0 Å². The van der Waals surface area contributed by atoms with E-state index in [9.17, 15) is 4.79 Å². The molecule has 1 aliphatic rings. The molecular formula is C21H25N3O2S. The Kier molecular flexibility index (Phi) is 5.87. The fraction of sp³-hybridized carbons (Fsp3) is 0.381. The van der Waals surface area contributed by atoms with E-state index in [0.29, 0.717) is 19.5 Å². The Balaban J connectivity index is 1.34. The maximum atomic E-state index is 12.5. The standard InChI is InChI=1S/C21H25N3O2S/c25-21(8-10-23-9-7-17-4-1-2-5-18(17)23)22-16-19(20-6-3-15-27-20)24-11-13-26-14-12-24/h1-7,9,15,19H,8,10-14,16H2,(H,22,25)/t19-/m0/s1. The van der Waals surface area contributed by atoms with Crippen LogP contribution >= 0.6 is 11.3 Å². The van der Waals surface area contributed by atoms with E-state index in [2.05, 4.69) is 56.7 Å². The number of para-hydroxylation sites is 1. The molecule has 2 aromatic heterocycles. The van der Waals surface area contributed by atoms with Gasteiger partial charge in [-0.1, -0.05) is 24.3 Å². The van der Waals surface area contributed by atoms with Crippen molar-refractivity contribution in [1.29, 1.82) is 0 Å². The monoisotopic (exact) mass is 383 g/mol. The number of rotatable bonds is 7. The maximum absolute atomic E-state index is 12.5. The van der Waals surface area contributed by atoms with Crippen molar-refractivity contribution in [1.82, 2.24) is 14.8 Å². The number of amides is 1. The van der Waals surface area contributed by atoms with Crippen LogP contribution in [0.4, 0.5) is 0 Å². The van der Waals surface area contributed by atoms with Crippen molar-refractivity contribution in [3.8, 4) is 0 Å². The summed E-state index contributed by atoms with van der Waals surface area (Å²) in [5.74, 6) is 0.0996. The van der Waals surface area contributed by atoms with Gasteiger partial charge in [-0.25, -0.2) is 0 Å². The summed E-state index contributed by atoms with van der Waals surface area (Å²) in [5, 5.41) is 6.46. The molecule has 0 aliphatic carbocycles. The average molecular weight is 384 g/mol. The SMILES string of the molecule is O=C(CCn1ccc2ccccc21)NC[C@@H](c1cccs1)N1CCOCC1. The molecule has 0 spiro atoms. The molecule has 0 radical (unpaired) electrons. The fourth-order valence-electron chi connectivity index (χ4n) is 3.64. The van der Waals surface area contributed by atoms with Gasteiger partial charge in [0.15, 0.2) is 0 Å². The number of nitrogens with one attached hydrogen (secondary N) is 1. The van der Waals surface area contributed by atoms with Crippen LogP contribution in [0.5, 0.6) is 0 Å². The number of fused-ring (bicyclic) bond motifs is 1. The summed E-state index contributed by atoms with van der Waals surface area (Å²) < 4.78 is 7.63. The third-order valence-corrected chi connectivity index (χ3v) is 6.08. The first-order chi connectivity index (χ1) is 13.3. The van der Waals surface area contributed by atoms with Gasteiger partial charge in [0, 0.05) is 49.2 Å². The van der Waals surface area contributed by atoms with Gasteiger partial charge in [-0.3, -0.25) is 9.69 Å². The number of ether oxygens (including phenoxy) is 1. The predicted octanol–water partition coefficient (Wildman–Crippen LogP) is 3.28. The number of hydrogen-bond donors (Lipinski definition) is 1. The summed E-state index contributed by atoms with van der Waals surface area (Å²) in [6.07, 6.45) is 2.54. The molecule has 142 valence electrons. The van der Waals surface area contributed by atoms with E-state index < -0.39 is 0 Å². The zero-order valence-corrected chi connectivity index (χ0v) is 16.2. The number of thiophene rings is 1. The van der Waals surface area contributed by atoms with E-state index in [1.54, 1.807) is 11.3 Å². The molecule has 1 N–H and O–H groups in total. The Morgan fingerprint density at radius 2 is 2.00 bits per heavy atom. The summed E-state index contributed by atoms with van der Waals surface area (Å²) in [6.45, 7) is 4.68. The lowest BCUT2D eigenvalue weighted by Crippen LogP contribution is -2.43. The molecule has 5 nitrogen and oxygen atoms in total. The molecule has 0 saturated carbocycles. The van der Waals surface area contributed by atoms with E-state index in [1.165, 1.54) is 15.8 Å². The molecule has 1 aliphatic heterocycles. The first-order valence-corrected chi connectivity index (χ1v) is 10.3. The lowest BCUT2D eigenvalue weighted by molar-refractivity contribution is -0.121.